The predicted octanol–water partition coefficient (Wildman–Crippen LogP) is 6.62. The Bertz CT molecular complexity index is 631. The van der Waals surface area contributed by atoms with E-state index in [2.05, 4.69) is 96.1 Å². The molecule has 2 aromatic carbocycles. The maximum atomic E-state index is 3.66. The summed E-state index contributed by atoms with van der Waals surface area (Å²) < 4.78 is 2.17. The number of hydrogen-bond donors (Lipinski definition) is 1. The minimum absolute atomic E-state index is 0.251. The van der Waals surface area contributed by atoms with Crippen molar-refractivity contribution in [2.75, 3.05) is 5.32 Å². The van der Waals surface area contributed by atoms with Gasteiger partial charge in [-0.2, -0.15) is 0 Å². The molecule has 0 amide bonds. The summed E-state index contributed by atoms with van der Waals surface area (Å²) in [6.45, 7) is 10.8. The van der Waals surface area contributed by atoms with E-state index in [4.69, 9.17) is 0 Å². The van der Waals surface area contributed by atoms with Gasteiger partial charge in [0.15, 0.2) is 0 Å². The van der Waals surface area contributed by atoms with E-state index in [0.717, 1.165) is 14.6 Å². The van der Waals surface area contributed by atoms with Crippen LogP contribution in [-0.2, 0) is 0 Å². The zero-order chi connectivity index (χ0) is 15.7. The van der Waals surface area contributed by atoms with Crippen molar-refractivity contribution in [3.63, 3.8) is 0 Å². The zero-order valence-electron chi connectivity index (χ0n) is 13.1. The quantitative estimate of drug-likeness (QED) is 0.599. The minimum atomic E-state index is 0.251. The van der Waals surface area contributed by atoms with Gasteiger partial charge < -0.3 is 5.32 Å². The summed E-state index contributed by atoms with van der Waals surface area (Å²) in [5.41, 5.74) is 7.71. The highest BCUT2D eigenvalue weighted by molar-refractivity contribution is 9.11. The fraction of sp³-hybridized carbons (Fsp3) is 0.333. The van der Waals surface area contributed by atoms with Gasteiger partial charge in [0, 0.05) is 15.0 Å². The Morgan fingerprint density at radius 3 is 1.71 bits per heavy atom. The van der Waals surface area contributed by atoms with E-state index in [0.29, 0.717) is 0 Å². The van der Waals surface area contributed by atoms with Crippen LogP contribution in [0.25, 0.3) is 0 Å². The molecule has 0 aliphatic carbocycles. The number of benzene rings is 2. The summed E-state index contributed by atoms with van der Waals surface area (Å²) >= 11 is 7.31. The van der Waals surface area contributed by atoms with Crippen LogP contribution in [0.3, 0.4) is 0 Å². The molecule has 0 radical (unpaired) electrons. The van der Waals surface area contributed by atoms with E-state index in [1.54, 1.807) is 0 Å². The monoisotopic (exact) mass is 409 g/mol. The van der Waals surface area contributed by atoms with Crippen molar-refractivity contribution in [3.05, 3.63) is 61.0 Å². The van der Waals surface area contributed by atoms with Gasteiger partial charge in [0.25, 0.3) is 0 Å². The predicted molar refractivity (Wildman–Crippen MR) is 99.3 cm³/mol. The Kier molecular flexibility index (Phi) is 5.15. The van der Waals surface area contributed by atoms with Crippen LogP contribution >= 0.6 is 31.9 Å². The molecule has 1 unspecified atom stereocenters. The molecule has 1 N–H and O–H groups in total. The third-order valence-electron chi connectivity index (χ3n) is 3.72. The van der Waals surface area contributed by atoms with Crippen LogP contribution < -0.4 is 5.32 Å². The maximum Gasteiger partial charge on any atom is 0.0633 e. The smallest absolute Gasteiger partial charge is 0.0633 e. The highest BCUT2D eigenvalue weighted by Gasteiger charge is 2.15. The number of nitrogens with one attached hydrogen (secondary N) is 1. The molecule has 0 saturated carbocycles. The van der Waals surface area contributed by atoms with Gasteiger partial charge >= 0.3 is 0 Å². The highest BCUT2D eigenvalue weighted by Crippen LogP contribution is 2.36. The van der Waals surface area contributed by atoms with E-state index < -0.39 is 0 Å². The molecule has 1 atom stereocenters. The van der Waals surface area contributed by atoms with Crippen LogP contribution in [0.2, 0.25) is 0 Å². The second-order valence-electron chi connectivity index (χ2n) is 5.78. The highest BCUT2D eigenvalue weighted by atomic mass is 79.9. The van der Waals surface area contributed by atoms with E-state index in [1.165, 1.54) is 27.8 Å². The lowest BCUT2D eigenvalue weighted by molar-refractivity contribution is 0.859. The van der Waals surface area contributed by atoms with Gasteiger partial charge in [0.2, 0.25) is 0 Å². The van der Waals surface area contributed by atoms with Gasteiger partial charge in [0.1, 0.15) is 0 Å². The summed E-state index contributed by atoms with van der Waals surface area (Å²) in [5, 5.41) is 3.63. The number of hydrogen-bond acceptors (Lipinski definition) is 1. The normalized spacial score (nSPS) is 12.3. The molecule has 21 heavy (non-hydrogen) atoms. The number of aryl methyl sites for hydroxylation is 4. The van der Waals surface area contributed by atoms with Crippen molar-refractivity contribution in [2.24, 2.45) is 0 Å². The van der Waals surface area contributed by atoms with Crippen molar-refractivity contribution in [1.82, 2.24) is 0 Å². The molecule has 2 aromatic rings. The van der Waals surface area contributed by atoms with E-state index in [1.807, 2.05) is 0 Å². The molecule has 0 aromatic heterocycles. The second kappa shape index (κ2) is 6.53. The Morgan fingerprint density at radius 2 is 1.24 bits per heavy atom. The Hall–Kier alpha value is -0.800. The van der Waals surface area contributed by atoms with Crippen LogP contribution in [0.15, 0.2) is 33.2 Å². The summed E-state index contributed by atoms with van der Waals surface area (Å²) in [4.78, 5) is 0. The van der Waals surface area contributed by atoms with Crippen molar-refractivity contribution < 1.29 is 0 Å². The van der Waals surface area contributed by atoms with Crippen LogP contribution in [0.5, 0.6) is 0 Å². The Labute approximate surface area is 144 Å². The first kappa shape index (κ1) is 16.6. The largest absolute Gasteiger partial charge is 0.377 e. The topological polar surface area (TPSA) is 12.0 Å². The molecule has 0 spiro atoms. The fourth-order valence-corrected chi connectivity index (χ4v) is 4.64. The molecule has 0 fully saturated rings. The fourth-order valence-electron chi connectivity index (χ4n) is 3.00. The van der Waals surface area contributed by atoms with Crippen LogP contribution in [0.4, 0.5) is 5.69 Å². The standard InChI is InChI=1S/C18H21Br2N/c1-10-6-12(3)17(13(4)7-10)14(5)21-18-15(19)8-11(2)9-16(18)20/h6-9,14,21H,1-5H3. The van der Waals surface area contributed by atoms with Gasteiger partial charge in [-0.05, 0) is 101 Å². The van der Waals surface area contributed by atoms with Crippen LogP contribution in [0, 0.1) is 27.7 Å². The Morgan fingerprint density at radius 1 is 0.810 bits per heavy atom. The SMILES string of the molecule is Cc1cc(C)c(C(C)Nc2c(Br)cc(C)cc2Br)c(C)c1. The minimum Gasteiger partial charge on any atom is -0.377 e. The van der Waals surface area contributed by atoms with Gasteiger partial charge in [-0.1, -0.05) is 17.7 Å². The number of rotatable bonds is 3. The zero-order valence-corrected chi connectivity index (χ0v) is 16.3. The first-order chi connectivity index (χ1) is 9.79. The first-order valence-corrected chi connectivity index (χ1v) is 8.68. The van der Waals surface area contributed by atoms with E-state index >= 15 is 0 Å². The van der Waals surface area contributed by atoms with Gasteiger partial charge in [-0.3, -0.25) is 0 Å². The molecule has 0 heterocycles. The molecule has 112 valence electrons. The summed E-state index contributed by atoms with van der Waals surface area (Å²) in [5.74, 6) is 0. The van der Waals surface area contributed by atoms with Crippen molar-refractivity contribution in [3.8, 4) is 0 Å². The van der Waals surface area contributed by atoms with Crippen LogP contribution in [-0.4, -0.2) is 0 Å². The van der Waals surface area contributed by atoms with Crippen molar-refractivity contribution in [2.45, 2.75) is 40.7 Å². The lowest BCUT2D eigenvalue weighted by atomic mass is 9.94. The molecule has 0 bridgehead atoms. The van der Waals surface area contributed by atoms with Gasteiger partial charge in [-0.15, -0.1) is 0 Å². The summed E-state index contributed by atoms with van der Waals surface area (Å²) in [7, 11) is 0. The lowest BCUT2D eigenvalue weighted by Gasteiger charge is -2.22. The molecule has 3 heteroatoms. The molecular weight excluding hydrogens is 390 g/mol. The molecule has 0 saturated heterocycles. The van der Waals surface area contributed by atoms with Crippen LogP contribution in [0.1, 0.15) is 40.8 Å². The lowest BCUT2D eigenvalue weighted by Crippen LogP contribution is -2.11. The number of anilines is 1. The van der Waals surface area contributed by atoms with E-state index in [-0.39, 0.29) is 6.04 Å². The molecular formula is C18H21Br2N. The third-order valence-corrected chi connectivity index (χ3v) is 4.97. The van der Waals surface area contributed by atoms with Crippen molar-refractivity contribution in [1.29, 1.82) is 0 Å². The second-order valence-corrected chi connectivity index (χ2v) is 7.49. The molecule has 0 aliphatic rings. The van der Waals surface area contributed by atoms with Gasteiger partial charge in [-0.25, -0.2) is 0 Å². The third kappa shape index (κ3) is 3.70. The van der Waals surface area contributed by atoms with Crippen molar-refractivity contribution >= 4 is 37.5 Å². The summed E-state index contributed by atoms with van der Waals surface area (Å²) in [6.07, 6.45) is 0. The first-order valence-electron chi connectivity index (χ1n) is 7.09. The molecule has 1 nitrogen and oxygen atoms in total. The molecule has 0 aliphatic heterocycles. The average Bonchev–Trinajstić information content (AvgIpc) is 2.32. The summed E-state index contributed by atoms with van der Waals surface area (Å²) in [6, 6.07) is 9.02. The van der Waals surface area contributed by atoms with Gasteiger partial charge in [0.05, 0.1) is 5.69 Å². The molecule has 2 rings (SSSR count). The maximum absolute atomic E-state index is 3.66. The Balaban J connectivity index is 2.37. The average molecular weight is 411 g/mol. The number of halogens is 2. The van der Waals surface area contributed by atoms with E-state index in [9.17, 15) is 0 Å².